The quantitative estimate of drug-likeness (QED) is 0.829. The molecular formula is C16H18N2O4. The molecule has 0 atom stereocenters. The van der Waals surface area contributed by atoms with Crippen molar-refractivity contribution in [1.29, 1.82) is 0 Å². The summed E-state index contributed by atoms with van der Waals surface area (Å²) >= 11 is 0. The molecule has 22 heavy (non-hydrogen) atoms. The number of rotatable bonds is 5. The number of nitrogens with two attached hydrogens (primary N) is 1. The van der Waals surface area contributed by atoms with Crippen LogP contribution in [0, 0.1) is 0 Å². The summed E-state index contributed by atoms with van der Waals surface area (Å²) in [4.78, 5) is 12.3. The van der Waals surface area contributed by atoms with Crippen LogP contribution >= 0.6 is 0 Å². The molecule has 0 radical (unpaired) electrons. The van der Waals surface area contributed by atoms with Crippen LogP contribution in [-0.2, 0) is 0 Å². The Kier molecular flexibility index (Phi) is 4.73. The average molecular weight is 302 g/mol. The van der Waals surface area contributed by atoms with E-state index in [9.17, 15) is 4.79 Å². The molecule has 2 aromatic carbocycles. The molecule has 6 heteroatoms. The Morgan fingerprint density at radius 1 is 0.955 bits per heavy atom. The minimum atomic E-state index is -0.271. The first-order valence-corrected chi connectivity index (χ1v) is 6.56. The zero-order chi connectivity index (χ0) is 16.1. The summed E-state index contributed by atoms with van der Waals surface area (Å²) in [7, 11) is 4.58. The topological polar surface area (TPSA) is 82.8 Å². The number of hydrogen-bond donors (Lipinski definition) is 2. The summed E-state index contributed by atoms with van der Waals surface area (Å²) in [5, 5.41) is 2.78. The van der Waals surface area contributed by atoms with Gasteiger partial charge in [-0.05, 0) is 24.3 Å². The highest BCUT2D eigenvalue weighted by Crippen LogP contribution is 2.34. The SMILES string of the molecule is COc1ccc(C(=O)Nc2cc(OC)c(N)cc2OC)cc1. The zero-order valence-corrected chi connectivity index (χ0v) is 12.7. The Hall–Kier alpha value is -2.89. The Labute approximate surface area is 128 Å². The largest absolute Gasteiger partial charge is 0.497 e. The van der Waals surface area contributed by atoms with Crippen molar-refractivity contribution in [1.82, 2.24) is 0 Å². The highest BCUT2D eigenvalue weighted by Gasteiger charge is 2.13. The number of hydrogen-bond acceptors (Lipinski definition) is 5. The number of carbonyl (C=O) groups is 1. The van der Waals surface area contributed by atoms with Gasteiger partial charge in [-0.15, -0.1) is 0 Å². The van der Waals surface area contributed by atoms with Crippen LogP contribution in [0.25, 0.3) is 0 Å². The second kappa shape index (κ2) is 6.71. The van der Waals surface area contributed by atoms with Crippen molar-refractivity contribution in [2.75, 3.05) is 32.4 Å². The summed E-state index contributed by atoms with van der Waals surface area (Å²) in [6, 6.07) is 10.0. The number of nitrogen functional groups attached to an aromatic ring is 1. The number of methoxy groups -OCH3 is 3. The molecule has 0 aliphatic heterocycles. The van der Waals surface area contributed by atoms with Crippen molar-refractivity contribution in [3.05, 3.63) is 42.0 Å². The van der Waals surface area contributed by atoms with Crippen LogP contribution in [0.3, 0.4) is 0 Å². The van der Waals surface area contributed by atoms with Gasteiger partial charge in [-0.1, -0.05) is 0 Å². The van der Waals surface area contributed by atoms with Crippen LogP contribution in [0.15, 0.2) is 36.4 Å². The molecule has 0 aromatic heterocycles. The number of nitrogens with one attached hydrogen (secondary N) is 1. The fourth-order valence-corrected chi connectivity index (χ4v) is 1.96. The van der Waals surface area contributed by atoms with Crippen molar-refractivity contribution in [3.63, 3.8) is 0 Å². The van der Waals surface area contributed by atoms with Gasteiger partial charge in [0.05, 0.1) is 32.7 Å². The number of carbonyl (C=O) groups excluding carboxylic acids is 1. The molecule has 3 N–H and O–H groups in total. The molecule has 1 amide bonds. The Morgan fingerprint density at radius 2 is 1.59 bits per heavy atom. The lowest BCUT2D eigenvalue weighted by molar-refractivity contribution is 0.102. The molecule has 0 saturated heterocycles. The van der Waals surface area contributed by atoms with Gasteiger partial charge in [0.1, 0.15) is 17.2 Å². The molecule has 0 bridgehead atoms. The fourth-order valence-electron chi connectivity index (χ4n) is 1.96. The maximum Gasteiger partial charge on any atom is 0.255 e. The Morgan fingerprint density at radius 3 is 2.14 bits per heavy atom. The van der Waals surface area contributed by atoms with E-state index in [4.69, 9.17) is 19.9 Å². The van der Waals surface area contributed by atoms with Gasteiger partial charge in [0.25, 0.3) is 5.91 Å². The molecule has 0 unspecified atom stereocenters. The molecule has 0 spiro atoms. The first kappa shape index (κ1) is 15.5. The highest BCUT2D eigenvalue weighted by molar-refractivity contribution is 6.05. The average Bonchev–Trinajstić information content (AvgIpc) is 2.55. The van der Waals surface area contributed by atoms with Gasteiger partial charge in [0.2, 0.25) is 0 Å². The molecule has 6 nitrogen and oxygen atoms in total. The number of ether oxygens (including phenoxy) is 3. The third kappa shape index (κ3) is 3.22. The van der Waals surface area contributed by atoms with Crippen molar-refractivity contribution >= 4 is 17.3 Å². The second-order valence-electron chi connectivity index (χ2n) is 4.48. The maximum absolute atomic E-state index is 12.3. The predicted molar refractivity (Wildman–Crippen MR) is 84.9 cm³/mol. The second-order valence-corrected chi connectivity index (χ2v) is 4.48. The van der Waals surface area contributed by atoms with E-state index in [-0.39, 0.29) is 5.91 Å². The molecule has 0 aliphatic carbocycles. The third-order valence-corrected chi connectivity index (χ3v) is 3.15. The van der Waals surface area contributed by atoms with E-state index < -0.39 is 0 Å². The van der Waals surface area contributed by atoms with Gasteiger partial charge < -0.3 is 25.3 Å². The number of anilines is 2. The summed E-state index contributed by atoms with van der Waals surface area (Å²) in [6.45, 7) is 0. The van der Waals surface area contributed by atoms with Crippen molar-refractivity contribution in [2.24, 2.45) is 0 Å². The van der Waals surface area contributed by atoms with Gasteiger partial charge in [-0.25, -0.2) is 0 Å². The van der Waals surface area contributed by atoms with E-state index in [1.807, 2.05) is 0 Å². The summed E-state index contributed by atoms with van der Waals surface area (Å²) in [6.07, 6.45) is 0. The third-order valence-electron chi connectivity index (χ3n) is 3.15. The van der Waals surface area contributed by atoms with E-state index in [0.29, 0.717) is 34.2 Å². The Balaban J connectivity index is 2.26. The standard InChI is InChI=1S/C16H18N2O4/c1-20-11-6-4-10(5-7-11)16(19)18-13-9-14(21-2)12(17)8-15(13)22-3/h4-9H,17H2,1-3H3,(H,18,19). The van der Waals surface area contributed by atoms with Gasteiger partial charge in [-0.2, -0.15) is 0 Å². The summed E-state index contributed by atoms with van der Waals surface area (Å²) < 4.78 is 15.4. The number of amides is 1. The van der Waals surface area contributed by atoms with Crippen LogP contribution in [-0.4, -0.2) is 27.2 Å². The van der Waals surface area contributed by atoms with Gasteiger partial charge in [-0.3, -0.25) is 4.79 Å². The van der Waals surface area contributed by atoms with E-state index in [1.54, 1.807) is 43.5 Å². The minimum absolute atomic E-state index is 0.271. The van der Waals surface area contributed by atoms with Crippen LogP contribution in [0.1, 0.15) is 10.4 Å². The fraction of sp³-hybridized carbons (Fsp3) is 0.188. The van der Waals surface area contributed by atoms with Gasteiger partial charge in [0.15, 0.2) is 0 Å². The first-order chi connectivity index (χ1) is 10.6. The molecule has 2 aromatic rings. The lowest BCUT2D eigenvalue weighted by Crippen LogP contribution is -2.13. The molecule has 0 saturated carbocycles. The zero-order valence-electron chi connectivity index (χ0n) is 12.7. The first-order valence-electron chi connectivity index (χ1n) is 6.56. The van der Waals surface area contributed by atoms with Crippen molar-refractivity contribution in [3.8, 4) is 17.2 Å². The molecule has 0 heterocycles. The lowest BCUT2D eigenvalue weighted by atomic mass is 10.2. The van der Waals surface area contributed by atoms with Crippen LogP contribution in [0.5, 0.6) is 17.2 Å². The van der Waals surface area contributed by atoms with Crippen molar-refractivity contribution < 1.29 is 19.0 Å². The normalized spacial score (nSPS) is 9.95. The molecule has 116 valence electrons. The van der Waals surface area contributed by atoms with E-state index in [2.05, 4.69) is 5.32 Å². The molecule has 0 aliphatic rings. The molecule has 2 rings (SSSR count). The molecule has 0 fully saturated rings. The maximum atomic E-state index is 12.3. The predicted octanol–water partition coefficient (Wildman–Crippen LogP) is 2.55. The van der Waals surface area contributed by atoms with E-state index >= 15 is 0 Å². The van der Waals surface area contributed by atoms with E-state index in [0.717, 1.165) is 0 Å². The van der Waals surface area contributed by atoms with Crippen LogP contribution in [0.2, 0.25) is 0 Å². The monoisotopic (exact) mass is 302 g/mol. The van der Waals surface area contributed by atoms with E-state index in [1.165, 1.54) is 14.2 Å². The highest BCUT2D eigenvalue weighted by atomic mass is 16.5. The minimum Gasteiger partial charge on any atom is -0.497 e. The van der Waals surface area contributed by atoms with Gasteiger partial charge in [0, 0.05) is 17.7 Å². The molecular weight excluding hydrogens is 284 g/mol. The smallest absolute Gasteiger partial charge is 0.255 e. The lowest BCUT2D eigenvalue weighted by Gasteiger charge is -2.13. The van der Waals surface area contributed by atoms with Crippen LogP contribution < -0.4 is 25.3 Å². The Bertz CT molecular complexity index is 669. The van der Waals surface area contributed by atoms with Crippen molar-refractivity contribution in [2.45, 2.75) is 0 Å². The number of benzene rings is 2. The van der Waals surface area contributed by atoms with Crippen LogP contribution in [0.4, 0.5) is 11.4 Å². The van der Waals surface area contributed by atoms with Gasteiger partial charge >= 0.3 is 0 Å². The summed E-state index contributed by atoms with van der Waals surface area (Å²) in [5.74, 6) is 1.34. The summed E-state index contributed by atoms with van der Waals surface area (Å²) in [5.41, 5.74) is 7.23.